The van der Waals surface area contributed by atoms with E-state index >= 15 is 0 Å². The highest BCUT2D eigenvalue weighted by molar-refractivity contribution is 9.10. The molecular weight excluding hydrogens is 334 g/mol. The van der Waals surface area contributed by atoms with Crippen LogP contribution in [0.3, 0.4) is 0 Å². The highest BCUT2D eigenvalue weighted by Crippen LogP contribution is 2.29. The van der Waals surface area contributed by atoms with E-state index in [2.05, 4.69) is 15.9 Å². The van der Waals surface area contributed by atoms with Gasteiger partial charge in [-0.15, -0.1) is 0 Å². The monoisotopic (exact) mass is 347 g/mol. The molecule has 0 atom stereocenters. The van der Waals surface area contributed by atoms with Gasteiger partial charge in [0.2, 0.25) is 10.0 Å². The zero-order valence-corrected chi connectivity index (χ0v) is 12.6. The van der Waals surface area contributed by atoms with Gasteiger partial charge in [0.05, 0.1) is 13.2 Å². The molecule has 2 heterocycles. The summed E-state index contributed by atoms with van der Waals surface area (Å²) in [5, 5.41) is -0.402. The zero-order chi connectivity index (χ0) is 13.5. The Hall–Kier alpha value is -0.630. The summed E-state index contributed by atoms with van der Waals surface area (Å²) in [6.45, 7) is 1.70. The third kappa shape index (κ3) is 2.52. The second kappa shape index (κ2) is 5.05. The number of hydrogen-bond acceptors (Lipinski definition) is 4. The molecule has 0 radical (unpaired) electrons. The SMILES string of the molecule is O=S(=O)(C1COC1)N1CCOc2ccc(Br)cc2C1. The second-order valence-corrected chi connectivity index (χ2v) is 7.77. The van der Waals surface area contributed by atoms with Crippen LogP contribution >= 0.6 is 15.9 Å². The third-order valence-corrected chi connectivity index (χ3v) is 6.00. The van der Waals surface area contributed by atoms with E-state index in [9.17, 15) is 8.42 Å². The summed E-state index contributed by atoms with van der Waals surface area (Å²) in [4.78, 5) is 0. The van der Waals surface area contributed by atoms with Gasteiger partial charge in [-0.05, 0) is 18.2 Å². The van der Waals surface area contributed by atoms with Crippen molar-refractivity contribution in [3.05, 3.63) is 28.2 Å². The minimum atomic E-state index is -3.29. The molecular formula is C12H14BrNO4S. The number of ether oxygens (including phenoxy) is 2. The molecule has 2 aliphatic rings. The van der Waals surface area contributed by atoms with Crippen molar-refractivity contribution in [2.24, 2.45) is 0 Å². The van der Waals surface area contributed by atoms with Gasteiger partial charge in [-0.25, -0.2) is 8.42 Å². The van der Waals surface area contributed by atoms with Crippen LogP contribution in [0.15, 0.2) is 22.7 Å². The molecule has 2 aliphatic heterocycles. The number of fused-ring (bicyclic) bond motifs is 1. The van der Waals surface area contributed by atoms with Crippen LogP contribution in [0.2, 0.25) is 0 Å². The van der Waals surface area contributed by atoms with Gasteiger partial charge in [-0.2, -0.15) is 4.31 Å². The van der Waals surface area contributed by atoms with Gasteiger partial charge in [0.25, 0.3) is 0 Å². The molecule has 0 N–H and O–H groups in total. The van der Waals surface area contributed by atoms with Crippen molar-refractivity contribution >= 4 is 26.0 Å². The Morgan fingerprint density at radius 3 is 2.79 bits per heavy atom. The Kier molecular flexibility index (Phi) is 3.55. The molecule has 1 aromatic carbocycles. The van der Waals surface area contributed by atoms with Crippen LogP contribution in [-0.4, -0.2) is 44.3 Å². The number of benzene rings is 1. The number of halogens is 1. The maximum atomic E-state index is 12.4. The van der Waals surface area contributed by atoms with Gasteiger partial charge in [0.15, 0.2) is 0 Å². The Bertz CT molecular complexity index is 585. The first kappa shape index (κ1) is 13.4. The largest absolute Gasteiger partial charge is 0.492 e. The van der Waals surface area contributed by atoms with Crippen LogP contribution < -0.4 is 4.74 Å². The molecule has 3 rings (SSSR count). The summed E-state index contributed by atoms with van der Waals surface area (Å²) in [5.41, 5.74) is 0.885. The maximum absolute atomic E-state index is 12.4. The Balaban J connectivity index is 1.89. The van der Waals surface area contributed by atoms with E-state index in [4.69, 9.17) is 9.47 Å². The molecule has 0 amide bonds. The highest BCUT2D eigenvalue weighted by atomic mass is 79.9. The molecule has 0 spiro atoms. The first-order chi connectivity index (χ1) is 9.07. The van der Waals surface area contributed by atoms with E-state index in [1.165, 1.54) is 4.31 Å². The summed E-state index contributed by atoms with van der Waals surface area (Å²) in [6.07, 6.45) is 0. The summed E-state index contributed by atoms with van der Waals surface area (Å²) >= 11 is 3.40. The van der Waals surface area contributed by atoms with Crippen molar-refractivity contribution in [3.8, 4) is 5.75 Å². The molecule has 104 valence electrons. The van der Waals surface area contributed by atoms with E-state index in [1.807, 2.05) is 18.2 Å². The second-order valence-electron chi connectivity index (χ2n) is 4.64. The quantitative estimate of drug-likeness (QED) is 0.810. The zero-order valence-electron chi connectivity index (χ0n) is 10.2. The van der Waals surface area contributed by atoms with Gasteiger partial charge in [0, 0.05) is 23.1 Å². The van der Waals surface area contributed by atoms with Crippen LogP contribution in [0, 0.1) is 0 Å². The van der Waals surface area contributed by atoms with Crippen molar-refractivity contribution in [1.82, 2.24) is 4.31 Å². The standard InChI is InChI=1S/C12H14BrNO4S/c13-10-1-2-12-9(5-10)6-14(3-4-18-12)19(15,16)11-7-17-8-11/h1-2,5,11H,3-4,6-8H2. The molecule has 0 aliphatic carbocycles. The van der Waals surface area contributed by atoms with Crippen LogP contribution in [0.4, 0.5) is 0 Å². The average molecular weight is 348 g/mol. The van der Waals surface area contributed by atoms with Crippen molar-refractivity contribution in [3.63, 3.8) is 0 Å². The molecule has 1 saturated heterocycles. The summed E-state index contributed by atoms with van der Waals surface area (Å²) in [7, 11) is -3.29. The summed E-state index contributed by atoms with van der Waals surface area (Å²) < 4.78 is 37.8. The Morgan fingerprint density at radius 2 is 2.11 bits per heavy atom. The van der Waals surface area contributed by atoms with Gasteiger partial charge in [-0.3, -0.25) is 0 Å². The smallest absolute Gasteiger partial charge is 0.221 e. The molecule has 0 unspecified atom stereocenters. The van der Waals surface area contributed by atoms with E-state index < -0.39 is 15.3 Å². The van der Waals surface area contributed by atoms with Gasteiger partial charge in [0.1, 0.15) is 17.6 Å². The maximum Gasteiger partial charge on any atom is 0.221 e. The predicted molar refractivity (Wildman–Crippen MR) is 73.6 cm³/mol. The normalized spacial score (nSPS) is 21.1. The van der Waals surface area contributed by atoms with Crippen LogP contribution in [-0.2, 0) is 21.3 Å². The van der Waals surface area contributed by atoms with Gasteiger partial charge < -0.3 is 9.47 Å². The Labute approximate surface area is 120 Å². The first-order valence-electron chi connectivity index (χ1n) is 6.05. The van der Waals surface area contributed by atoms with E-state index in [1.54, 1.807) is 0 Å². The van der Waals surface area contributed by atoms with E-state index in [0.717, 1.165) is 15.8 Å². The lowest BCUT2D eigenvalue weighted by atomic mass is 10.2. The Morgan fingerprint density at radius 1 is 1.32 bits per heavy atom. The number of rotatable bonds is 2. The van der Waals surface area contributed by atoms with Gasteiger partial charge >= 0.3 is 0 Å². The number of sulfonamides is 1. The molecule has 0 bridgehead atoms. The third-order valence-electron chi connectivity index (χ3n) is 3.36. The molecule has 19 heavy (non-hydrogen) atoms. The van der Waals surface area contributed by atoms with Crippen molar-refractivity contribution < 1.29 is 17.9 Å². The predicted octanol–water partition coefficient (Wildman–Crippen LogP) is 1.37. The van der Waals surface area contributed by atoms with E-state index in [-0.39, 0.29) is 0 Å². The lowest BCUT2D eigenvalue weighted by molar-refractivity contribution is 0.0389. The molecule has 0 saturated carbocycles. The van der Waals surface area contributed by atoms with Crippen molar-refractivity contribution in [2.45, 2.75) is 11.8 Å². The van der Waals surface area contributed by atoms with Crippen LogP contribution in [0.25, 0.3) is 0 Å². The summed E-state index contributed by atoms with van der Waals surface area (Å²) in [5.74, 6) is 0.755. The minimum Gasteiger partial charge on any atom is -0.492 e. The number of nitrogens with zero attached hydrogens (tertiary/aromatic N) is 1. The molecule has 0 aromatic heterocycles. The average Bonchev–Trinajstić information content (AvgIpc) is 2.47. The van der Waals surface area contributed by atoms with Crippen LogP contribution in [0.1, 0.15) is 5.56 Å². The fourth-order valence-electron chi connectivity index (χ4n) is 2.15. The number of hydrogen-bond donors (Lipinski definition) is 0. The van der Waals surface area contributed by atoms with Gasteiger partial charge in [-0.1, -0.05) is 15.9 Å². The van der Waals surface area contributed by atoms with E-state index in [0.29, 0.717) is 32.9 Å². The highest BCUT2D eigenvalue weighted by Gasteiger charge is 2.38. The lowest BCUT2D eigenvalue weighted by Crippen LogP contribution is -2.48. The fraction of sp³-hybridized carbons (Fsp3) is 0.500. The van der Waals surface area contributed by atoms with Crippen LogP contribution in [0.5, 0.6) is 5.75 Å². The van der Waals surface area contributed by atoms with Crippen molar-refractivity contribution in [1.29, 1.82) is 0 Å². The summed E-state index contributed by atoms with van der Waals surface area (Å²) in [6, 6.07) is 5.66. The molecule has 1 fully saturated rings. The molecule has 5 nitrogen and oxygen atoms in total. The van der Waals surface area contributed by atoms with Crippen molar-refractivity contribution in [2.75, 3.05) is 26.4 Å². The fourth-order valence-corrected chi connectivity index (χ4v) is 4.17. The molecule has 7 heteroatoms. The lowest BCUT2D eigenvalue weighted by Gasteiger charge is -2.31. The molecule has 1 aromatic rings. The minimum absolute atomic E-state index is 0.297. The first-order valence-corrected chi connectivity index (χ1v) is 8.35. The topological polar surface area (TPSA) is 55.8 Å².